The first-order chi connectivity index (χ1) is 15.8. The molecule has 33 heavy (non-hydrogen) atoms. The normalized spacial score (nSPS) is 11.3. The molecule has 3 aromatic rings. The summed E-state index contributed by atoms with van der Waals surface area (Å²) >= 11 is 0. The van der Waals surface area contributed by atoms with Crippen LogP contribution in [0.4, 0.5) is 11.4 Å². The van der Waals surface area contributed by atoms with Gasteiger partial charge in [0.2, 0.25) is 0 Å². The molecule has 2 N–H and O–H groups in total. The average Bonchev–Trinajstić information content (AvgIpc) is 2.83. The van der Waals surface area contributed by atoms with Crippen LogP contribution in [0.3, 0.4) is 0 Å². The quantitative estimate of drug-likeness (QED) is 0.531. The van der Waals surface area contributed by atoms with E-state index in [2.05, 4.69) is 10.6 Å². The van der Waals surface area contributed by atoms with Gasteiger partial charge in [0.1, 0.15) is 11.5 Å². The Kier molecular flexibility index (Phi) is 7.56. The van der Waals surface area contributed by atoms with Gasteiger partial charge in [0.25, 0.3) is 11.8 Å². The fourth-order valence-electron chi connectivity index (χ4n) is 3.43. The lowest BCUT2D eigenvalue weighted by molar-refractivity contribution is 0.0939. The van der Waals surface area contributed by atoms with Gasteiger partial charge in [-0.05, 0) is 42.8 Å². The Morgan fingerprint density at radius 2 is 1.48 bits per heavy atom. The van der Waals surface area contributed by atoms with Gasteiger partial charge in [-0.2, -0.15) is 0 Å². The maximum absolute atomic E-state index is 13.1. The molecule has 0 aliphatic carbocycles. The number of benzene rings is 3. The van der Waals surface area contributed by atoms with Gasteiger partial charge in [0.05, 0.1) is 25.8 Å². The van der Waals surface area contributed by atoms with Crippen LogP contribution in [-0.2, 0) is 0 Å². The van der Waals surface area contributed by atoms with Crippen molar-refractivity contribution in [3.63, 3.8) is 0 Å². The molecule has 0 radical (unpaired) electrons. The predicted molar refractivity (Wildman–Crippen MR) is 131 cm³/mol. The van der Waals surface area contributed by atoms with Crippen LogP contribution in [0.5, 0.6) is 11.5 Å². The highest BCUT2D eigenvalue weighted by molar-refractivity contribution is 6.06. The summed E-state index contributed by atoms with van der Waals surface area (Å²) in [4.78, 5) is 27.9. The maximum Gasteiger partial charge on any atom is 0.255 e. The van der Waals surface area contributed by atoms with Crippen LogP contribution in [0.2, 0.25) is 0 Å². The van der Waals surface area contributed by atoms with Crippen LogP contribution >= 0.6 is 0 Å². The third kappa shape index (κ3) is 5.83. The Bertz CT molecular complexity index is 1110. The topological polar surface area (TPSA) is 79.9 Å². The Balaban J connectivity index is 1.85. The lowest BCUT2D eigenvalue weighted by Crippen LogP contribution is -2.28. The standard InChI is InChI=1S/C26H29N3O4/c1-17(18-9-7-6-8-10-18)27-26(31)23-15-20(11-12-24(23)29(2)3)28-25(30)19-13-21(32-4)16-22(14-19)33-5/h6-17H,1-5H3,(H,27,31)(H,28,30). The minimum atomic E-state index is -0.339. The molecule has 0 saturated heterocycles. The highest BCUT2D eigenvalue weighted by atomic mass is 16.5. The monoisotopic (exact) mass is 447 g/mol. The van der Waals surface area contributed by atoms with Crippen LogP contribution < -0.4 is 25.0 Å². The summed E-state index contributed by atoms with van der Waals surface area (Å²) in [5, 5.41) is 5.90. The van der Waals surface area contributed by atoms with E-state index in [-0.39, 0.29) is 17.9 Å². The SMILES string of the molecule is COc1cc(OC)cc(C(=O)Nc2ccc(N(C)C)c(C(=O)NC(C)c3ccccc3)c2)c1. The van der Waals surface area contributed by atoms with Crippen LogP contribution in [0, 0.1) is 0 Å². The number of anilines is 2. The first-order valence-electron chi connectivity index (χ1n) is 10.5. The molecule has 1 unspecified atom stereocenters. The summed E-state index contributed by atoms with van der Waals surface area (Å²) in [6, 6.07) is 19.8. The van der Waals surface area contributed by atoms with Crippen molar-refractivity contribution in [2.75, 3.05) is 38.5 Å². The Labute approximate surface area is 194 Å². The molecule has 0 aliphatic rings. The van der Waals surface area contributed by atoms with Crippen molar-refractivity contribution in [3.05, 3.63) is 83.4 Å². The minimum Gasteiger partial charge on any atom is -0.497 e. The van der Waals surface area contributed by atoms with Crippen LogP contribution in [-0.4, -0.2) is 40.1 Å². The molecule has 0 heterocycles. The number of rotatable bonds is 8. The second-order valence-electron chi connectivity index (χ2n) is 7.79. The molecule has 172 valence electrons. The number of carbonyl (C=O) groups is 2. The van der Waals surface area contributed by atoms with Gasteiger partial charge >= 0.3 is 0 Å². The molecule has 0 spiro atoms. The Morgan fingerprint density at radius 1 is 0.848 bits per heavy atom. The van der Waals surface area contributed by atoms with Gasteiger partial charge in [-0.15, -0.1) is 0 Å². The van der Waals surface area contributed by atoms with E-state index in [1.807, 2.05) is 62.3 Å². The molecule has 0 saturated carbocycles. The highest BCUT2D eigenvalue weighted by Gasteiger charge is 2.18. The summed E-state index contributed by atoms with van der Waals surface area (Å²) in [5.74, 6) is 0.456. The third-order valence-electron chi connectivity index (χ3n) is 5.24. The predicted octanol–water partition coefficient (Wildman–Crippen LogP) is 4.51. The molecular weight excluding hydrogens is 418 g/mol. The van der Waals surface area contributed by atoms with Crippen molar-refractivity contribution < 1.29 is 19.1 Å². The Morgan fingerprint density at radius 3 is 2.06 bits per heavy atom. The number of carbonyl (C=O) groups excluding carboxylic acids is 2. The van der Waals surface area contributed by atoms with E-state index in [1.165, 1.54) is 14.2 Å². The summed E-state index contributed by atoms with van der Waals surface area (Å²) in [7, 11) is 6.79. The first kappa shape index (κ1) is 23.7. The van der Waals surface area contributed by atoms with E-state index in [0.717, 1.165) is 11.3 Å². The average molecular weight is 448 g/mol. The number of nitrogens with zero attached hydrogens (tertiary/aromatic N) is 1. The molecule has 3 aromatic carbocycles. The number of methoxy groups -OCH3 is 2. The summed E-state index contributed by atoms with van der Waals surface area (Å²) < 4.78 is 10.5. The molecule has 7 heteroatoms. The molecule has 0 aliphatic heterocycles. The van der Waals surface area contributed by atoms with E-state index in [1.54, 1.807) is 30.3 Å². The van der Waals surface area contributed by atoms with Crippen LogP contribution in [0.15, 0.2) is 66.7 Å². The number of ether oxygens (including phenoxy) is 2. The van der Waals surface area contributed by atoms with E-state index in [0.29, 0.717) is 28.3 Å². The summed E-state index contributed by atoms with van der Waals surface area (Å²) in [6.07, 6.45) is 0. The van der Waals surface area contributed by atoms with Gasteiger partial charge in [0, 0.05) is 37.1 Å². The molecule has 7 nitrogen and oxygen atoms in total. The van der Waals surface area contributed by atoms with E-state index in [9.17, 15) is 9.59 Å². The van der Waals surface area contributed by atoms with Crippen LogP contribution in [0.1, 0.15) is 39.2 Å². The minimum absolute atomic E-state index is 0.170. The molecule has 3 rings (SSSR count). The molecule has 0 fully saturated rings. The fourth-order valence-corrected chi connectivity index (χ4v) is 3.43. The van der Waals surface area contributed by atoms with Gasteiger partial charge in [-0.3, -0.25) is 9.59 Å². The van der Waals surface area contributed by atoms with Gasteiger partial charge < -0.3 is 25.0 Å². The highest BCUT2D eigenvalue weighted by Crippen LogP contribution is 2.26. The fraction of sp³-hybridized carbons (Fsp3) is 0.231. The van der Waals surface area contributed by atoms with E-state index >= 15 is 0 Å². The molecular formula is C26H29N3O4. The van der Waals surface area contributed by atoms with Crippen molar-refractivity contribution in [2.45, 2.75) is 13.0 Å². The lowest BCUT2D eigenvalue weighted by Gasteiger charge is -2.20. The second kappa shape index (κ2) is 10.5. The van der Waals surface area contributed by atoms with Crippen molar-refractivity contribution in [1.29, 1.82) is 0 Å². The first-order valence-corrected chi connectivity index (χ1v) is 10.5. The number of amides is 2. The van der Waals surface area contributed by atoms with Gasteiger partial charge in [0.15, 0.2) is 0 Å². The Hall–Kier alpha value is -4.00. The van der Waals surface area contributed by atoms with Crippen LogP contribution in [0.25, 0.3) is 0 Å². The number of hydrogen-bond acceptors (Lipinski definition) is 5. The van der Waals surface area contributed by atoms with Gasteiger partial charge in [-0.25, -0.2) is 0 Å². The maximum atomic E-state index is 13.1. The third-order valence-corrected chi connectivity index (χ3v) is 5.24. The van der Waals surface area contributed by atoms with Crippen molar-refractivity contribution in [2.24, 2.45) is 0 Å². The van der Waals surface area contributed by atoms with E-state index in [4.69, 9.17) is 9.47 Å². The smallest absolute Gasteiger partial charge is 0.255 e. The zero-order chi connectivity index (χ0) is 24.0. The van der Waals surface area contributed by atoms with Crippen molar-refractivity contribution >= 4 is 23.2 Å². The number of hydrogen-bond donors (Lipinski definition) is 2. The molecule has 0 bridgehead atoms. The largest absolute Gasteiger partial charge is 0.497 e. The number of nitrogens with one attached hydrogen (secondary N) is 2. The lowest BCUT2D eigenvalue weighted by atomic mass is 10.1. The van der Waals surface area contributed by atoms with Crippen molar-refractivity contribution in [1.82, 2.24) is 5.32 Å². The second-order valence-corrected chi connectivity index (χ2v) is 7.79. The molecule has 1 atom stereocenters. The molecule has 0 aromatic heterocycles. The van der Waals surface area contributed by atoms with Crippen molar-refractivity contribution in [3.8, 4) is 11.5 Å². The molecule has 2 amide bonds. The summed E-state index contributed by atoms with van der Waals surface area (Å²) in [5.41, 5.74) is 3.10. The van der Waals surface area contributed by atoms with E-state index < -0.39 is 0 Å². The summed E-state index contributed by atoms with van der Waals surface area (Å²) in [6.45, 7) is 1.93. The zero-order valence-electron chi connectivity index (χ0n) is 19.5. The zero-order valence-corrected chi connectivity index (χ0v) is 19.5. The van der Waals surface area contributed by atoms with Gasteiger partial charge in [-0.1, -0.05) is 30.3 Å².